The summed E-state index contributed by atoms with van der Waals surface area (Å²) >= 11 is 5.34. The summed E-state index contributed by atoms with van der Waals surface area (Å²) in [5, 5.41) is 0.828. The zero-order valence-corrected chi connectivity index (χ0v) is 13.1. The van der Waals surface area contributed by atoms with E-state index in [9.17, 15) is 0 Å². The number of ether oxygens (including phenoxy) is 1. The zero-order chi connectivity index (χ0) is 13.0. The fourth-order valence-corrected chi connectivity index (χ4v) is 3.17. The van der Waals surface area contributed by atoms with Gasteiger partial charge in [-0.25, -0.2) is 0 Å². The molecule has 1 aromatic heterocycles. The molecular formula is C15H17BrOS. The number of hydrogen-bond donors (Lipinski definition) is 0. The highest BCUT2D eigenvalue weighted by Crippen LogP contribution is 2.27. The van der Waals surface area contributed by atoms with Gasteiger partial charge < -0.3 is 4.74 Å². The summed E-state index contributed by atoms with van der Waals surface area (Å²) in [6.07, 6.45) is 1.10. The summed E-state index contributed by atoms with van der Waals surface area (Å²) in [5.41, 5.74) is 2.40. The topological polar surface area (TPSA) is 9.23 Å². The van der Waals surface area contributed by atoms with Crippen LogP contribution in [0, 0.1) is 6.92 Å². The third kappa shape index (κ3) is 3.15. The standard InChI is InChI=1S/C15H17BrOS/c1-3-13-7-8-14(18-13)10-17-15-11(2)5-4-6-12(15)9-16/h4-8H,3,9-10H2,1-2H3. The average Bonchev–Trinajstić information content (AvgIpc) is 2.85. The minimum atomic E-state index is 0.662. The van der Waals surface area contributed by atoms with E-state index in [1.807, 2.05) is 11.3 Å². The summed E-state index contributed by atoms with van der Waals surface area (Å²) in [6, 6.07) is 10.6. The molecule has 0 fully saturated rings. The summed E-state index contributed by atoms with van der Waals surface area (Å²) in [4.78, 5) is 2.70. The van der Waals surface area contributed by atoms with Gasteiger partial charge in [-0.3, -0.25) is 0 Å². The lowest BCUT2D eigenvalue weighted by Gasteiger charge is -2.12. The van der Waals surface area contributed by atoms with Crippen LogP contribution in [0.4, 0.5) is 0 Å². The Balaban J connectivity index is 2.10. The number of rotatable bonds is 5. The fraction of sp³-hybridized carbons (Fsp3) is 0.333. The van der Waals surface area contributed by atoms with Crippen LogP contribution in [0.3, 0.4) is 0 Å². The molecule has 0 aliphatic rings. The van der Waals surface area contributed by atoms with Crippen LogP contribution < -0.4 is 4.74 Å². The molecule has 0 spiro atoms. The molecule has 2 rings (SSSR count). The molecule has 0 atom stereocenters. The van der Waals surface area contributed by atoms with E-state index in [0.717, 1.165) is 17.5 Å². The molecule has 3 heteroatoms. The predicted octanol–water partition coefficient (Wildman–Crippen LogP) is 5.09. The molecule has 1 heterocycles. The molecule has 0 aliphatic carbocycles. The molecule has 1 aromatic carbocycles. The molecule has 0 saturated carbocycles. The van der Waals surface area contributed by atoms with Gasteiger partial charge in [-0.2, -0.15) is 0 Å². The third-order valence-electron chi connectivity index (χ3n) is 2.86. The Morgan fingerprint density at radius 2 is 1.94 bits per heavy atom. The van der Waals surface area contributed by atoms with Crippen LogP contribution in [-0.4, -0.2) is 0 Å². The summed E-state index contributed by atoms with van der Waals surface area (Å²) in [6.45, 7) is 4.93. The average molecular weight is 325 g/mol. The van der Waals surface area contributed by atoms with Gasteiger partial charge in [-0.05, 0) is 31.0 Å². The van der Waals surface area contributed by atoms with Crippen molar-refractivity contribution in [3.8, 4) is 5.75 Å². The van der Waals surface area contributed by atoms with Crippen molar-refractivity contribution in [2.24, 2.45) is 0 Å². The second-order valence-corrected chi connectivity index (χ2v) is 6.02. The molecule has 2 aromatic rings. The number of alkyl halides is 1. The maximum Gasteiger partial charge on any atom is 0.126 e. The van der Waals surface area contributed by atoms with E-state index in [0.29, 0.717) is 6.61 Å². The SMILES string of the molecule is CCc1ccc(COc2c(C)cccc2CBr)s1. The van der Waals surface area contributed by atoms with Gasteiger partial charge in [0.1, 0.15) is 12.4 Å². The van der Waals surface area contributed by atoms with Crippen LogP contribution in [0.25, 0.3) is 0 Å². The molecule has 0 N–H and O–H groups in total. The number of hydrogen-bond acceptors (Lipinski definition) is 2. The first-order chi connectivity index (χ1) is 8.74. The maximum atomic E-state index is 5.98. The van der Waals surface area contributed by atoms with Gasteiger partial charge >= 0.3 is 0 Å². The second-order valence-electron chi connectivity index (χ2n) is 4.21. The fourth-order valence-electron chi connectivity index (χ4n) is 1.86. The first kappa shape index (κ1) is 13.6. The lowest BCUT2D eigenvalue weighted by Crippen LogP contribution is -1.98. The Morgan fingerprint density at radius 1 is 1.17 bits per heavy atom. The Hall–Kier alpha value is -0.800. The van der Waals surface area contributed by atoms with Crippen LogP contribution in [0.15, 0.2) is 30.3 Å². The van der Waals surface area contributed by atoms with Gasteiger partial charge in [0, 0.05) is 20.6 Å². The third-order valence-corrected chi connectivity index (χ3v) is 4.67. The minimum Gasteiger partial charge on any atom is -0.487 e. The van der Waals surface area contributed by atoms with E-state index in [-0.39, 0.29) is 0 Å². The second kappa shape index (κ2) is 6.39. The summed E-state index contributed by atoms with van der Waals surface area (Å²) < 4.78 is 5.98. The summed E-state index contributed by atoms with van der Waals surface area (Å²) in [5.74, 6) is 1.01. The lowest BCUT2D eigenvalue weighted by molar-refractivity contribution is 0.305. The molecule has 0 saturated heterocycles. The van der Waals surface area contributed by atoms with Crippen LogP contribution >= 0.6 is 27.3 Å². The van der Waals surface area contributed by atoms with Crippen molar-refractivity contribution < 1.29 is 4.74 Å². The minimum absolute atomic E-state index is 0.662. The number of halogens is 1. The Kier molecular flexibility index (Phi) is 4.84. The van der Waals surface area contributed by atoms with Crippen molar-refractivity contribution in [2.75, 3.05) is 0 Å². The molecule has 18 heavy (non-hydrogen) atoms. The maximum absolute atomic E-state index is 5.98. The Labute approximate surface area is 121 Å². The van der Waals surface area contributed by atoms with Gasteiger partial charge in [0.2, 0.25) is 0 Å². The first-order valence-electron chi connectivity index (χ1n) is 6.09. The quantitative estimate of drug-likeness (QED) is 0.696. The van der Waals surface area contributed by atoms with Gasteiger partial charge in [-0.15, -0.1) is 11.3 Å². The molecule has 1 nitrogen and oxygen atoms in total. The van der Waals surface area contributed by atoms with Crippen molar-refractivity contribution in [1.82, 2.24) is 0 Å². The highest BCUT2D eigenvalue weighted by atomic mass is 79.9. The first-order valence-corrected chi connectivity index (χ1v) is 8.03. The molecule has 0 radical (unpaired) electrons. The molecule has 96 valence electrons. The lowest BCUT2D eigenvalue weighted by atomic mass is 10.1. The Bertz CT molecular complexity index is 519. The van der Waals surface area contributed by atoms with Crippen molar-refractivity contribution in [3.05, 3.63) is 51.2 Å². The highest BCUT2D eigenvalue weighted by molar-refractivity contribution is 9.08. The number of aryl methyl sites for hydroxylation is 2. The van der Waals surface area contributed by atoms with E-state index in [2.05, 4.69) is 60.1 Å². The van der Waals surface area contributed by atoms with Crippen molar-refractivity contribution in [1.29, 1.82) is 0 Å². The smallest absolute Gasteiger partial charge is 0.126 e. The van der Waals surface area contributed by atoms with E-state index >= 15 is 0 Å². The molecule has 0 bridgehead atoms. The highest BCUT2D eigenvalue weighted by Gasteiger charge is 2.07. The largest absolute Gasteiger partial charge is 0.487 e. The Morgan fingerprint density at radius 3 is 2.61 bits per heavy atom. The van der Waals surface area contributed by atoms with Gasteiger partial charge in [0.05, 0.1) is 0 Å². The monoisotopic (exact) mass is 324 g/mol. The normalized spacial score (nSPS) is 10.6. The number of benzene rings is 1. The van der Waals surface area contributed by atoms with Crippen LogP contribution in [-0.2, 0) is 18.4 Å². The van der Waals surface area contributed by atoms with Gasteiger partial charge in [-0.1, -0.05) is 41.1 Å². The van der Waals surface area contributed by atoms with Crippen LogP contribution in [0.2, 0.25) is 0 Å². The van der Waals surface area contributed by atoms with Crippen LogP contribution in [0.5, 0.6) is 5.75 Å². The van der Waals surface area contributed by atoms with E-state index in [1.165, 1.54) is 20.9 Å². The van der Waals surface area contributed by atoms with E-state index in [1.54, 1.807) is 0 Å². The predicted molar refractivity (Wildman–Crippen MR) is 81.8 cm³/mol. The zero-order valence-electron chi connectivity index (χ0n) is 10.7. The molecule has 0 unspecified atom stereocenters. The van der Waals surface area contributed by atoms with Crippen LogP contribution in [0.1, 0.15) is 27.8 Å². The molecular weight excluding hydrogens is 308 g/mol. The number of thiophene rings is 1. The molecule has 0 amide bonds. The van der Waals surface area contributed by atoms with Crippen molar-refractivity contribution >= 4 is 27.3 Å². The van der Waals surface area contributed by atoms with Gasteiger partial charge in [0.25, 0.3) is 0 Å². The number of para-hydroxylation sites is 1. The summed E-state index contributed by atoms with van der Waals surface area (Å²) in [7, 11) is 0. The van der Waals surface area contributed by atoms with Crippen molar-refractivity contribution in [2.45, 2.75) is 32.2 Å². The van der Waals surface area contributed by atoms with E-state index in [4.69, 9.17) is 4.74 Å². The van der Waals surface area contributed by atoms with Crippen molar-refractivity contribution in [3.63, 3.8) is 0 Å². The van der Waals surface area contributed by atoms with E-state index < -0.39 is 0 Å². The van der Waals surface area contributed by atoms with Gasteiger partial charge in [0.15, 0.2) is 0 Å². The molecule has 0 aliphatic heterocycles.